The fraction of sp³-hybridized carbons (Fsp3) is 0.250. The fourth-order valence-electron chi connectivity index (χ4n) is 3.18. The molecule has 17 heavy (non-hydrogen) atoms. The maximum atomic E-state index is 4.84. The summed E-state index contributed by atoms with van der Waals surface area (Å²) in [6.07, 6.45) is 2.62. The Balaban J connectivity index is 1.94. The Morgan fingerprint density at radius 3 is 1.65 bits per heavy atom. The highest BCUT2D eigenvalue weighted by atomic mass is 14.9. The Morgan fingerprint density at radius 2 is 1.18 bits per heavy atom. The van der Waals surface area contributed by atoms with E-state index in [4.69, 9.17) is 5.32 Å². The van der Waals surface area contributed by atoms with Gasteiger partial charge in [0.15, 0.2) is 0 Å². The van der Waals surface area contributed by atoms with Gasteiger partial charge in [-0.3, -0.25) is 0 Å². The first-order valence-electron chi connectivity index (χ1n) is 6.33. The van der Waals surface area contributed by atoms with E-state index < -0.39 is 0 Å². The second-order valence-corrected chi connectivity index (χ2v) is 5.02. The smallest absolute Gasteiger partial charge is 0.0672 e. The van der Waals surface area contributed by atoms with Crippen LogP contribution in [0.15, 0.2) is 48.5 Å². The molecule has 2 unspecified atom stereocenters. The van der Waals surface area contributed by atoms with E-state index in [-0.39, 0.29) is 0 Å². The topological polar surface area (TPSA) is 14.1 Å². The van der Waals surface area contributed by atoms with E-state index in [9.17, 15) is 0 Å². The molecule has 1 nitrogen and oxygen atoms in total. The molecule has 1 fully saturated rings. The molecule has 0 N–H and O–H groups in total. The van der Waals surface area contributed by atoms with Crippen molar-refractivity contribution in [3.8, 4) is 0 Å². The predicted octanol–water partition coefficient (Wildman–Crippen LogP) is 4.23. The van der Waals surface area contributed by atoms with Crippen molar-refractivity contribution in [2.45, 2.75) is 24.7 Å². The van der Waals surface area contributed by atoms with E-state index in [1.165, 1.54) is 35.3 Å². The standard InChI is InChI=1S/C16H14N/c1-3-7-15-13(5-1)11-9-10-12(11)14-6-2-4-8-16(14)17-15/h1-8,11-12H,9-10H2. The highest BCUT2D eigenvalue weighted by molar-refractivity contribution is 5.63. The molecule has 2 atom stereocenters. The molecule has 0 aromatic heterocycles. The Bertz CT molecular complexity index is 522. The van der Waals surface area contributed by atoms with Crippen molar-refractivity contribution in [2.75, 3.05) is 0 Å². The molecule has 0 saturated heterocycles. The lowest BCUT2D eigenvalue weighted by molar-refractivity contribution is 0.350. The van der Waals surface area contributed by atoms with Gasteiger partial charge in [-0.25, -0.2) is 5.32 Å². The van der Waals surface area contributed by atoms with Gasteiger partial charge in [0.1, 0.15) is 0 Å². The average Bonchev–Trinajstić information content (AvgIpc) is 2.41. The zero-order valence-corrected chi connectivity index (χ0v) is 9.63. The Hall–Kier alpha value is -1.76. The molecular formula is C16H14N. The molecule has 1 heterocycles. The maximum absolute atomic E-state index is 4.84. The van der Waals surface area contributed by atoms with Gasteiger partial charge in [0, 0.05) is 0 Å². The first-order valence-corrected chi connectivity index (χ1v) is 6.33. The Kier molecular flexibility index (Phi) is 1.84. The highest BCUT2D eigenvalue weighted by Gasteiger charge is 2.38. The summed E-state index contributed by atoms with van der Waals surface area (Å²) >= 11 is 0. The van der Waals surface area contributed by atoms with Gasteiger partial charge >= 0.3 is 0 Å². The number of para-hydroxylation sites is 2. The molecule has 2 aromatic carbocycles. The van der Waals surface area contributed by atoms with Gasteiger partial charge in [-0.05, 0) is 47.9 Å². The lowest BCUT2D eigenvalue weighted by Crippen LogP contribution is -2.20. The summed E-state index contributed by atoms with van der Waals surface area (Å²) in [7, 11) is 0. The first-order chi connectivity index (χ1) is 8.43. The van der Waals surface area contributed by atoms with Crippen LogP contribution in [0.3, 0.4) is 0 Å². The molecule has 1 radical (unpaired) electrons. The molecule has 2 aromatic rings. The van der Waals surface area contributed by atoms with E-state index >= 15 is 0 Å². The number of benzene rings is 2. The lowest BCUT2D eigenvalue weighted by atomic mass is 9.67. The van der Waals surface area contributed by atoms with Gasteiger partial charge in [-0.2, -0.15) is 0 Å². The molecule has 0 amide bonds. The van der Waals surface area contributed by atoms with Crippen molar-refractivity contribution in [3.05, 3.63) is 59.7 Å². The summed E-state index contributed by atoms with van der Waals surface area (Å²) in [5.41, 5.74) is 5.24. The van der Waals surface area contributed by atoms with Gasteiger partial charge in [-0.15, -0.1) is 0 Å². The van der Waals surface area contributed by atoms with Crippen LogP contribution in [0.4, 0.5) is 11.4 Å². The molecule has 1 saturated carbocycles. The van der Waals surface area contributed by atoms with Crippen LogP contribution in [-0.4, -0.2) is 0 Å². The third-order valence-electron chi connectivity index (χ3n) is 4.19. The first kappa shape index (κ1) is 9.29. The van der Waals surface area contributed by atoms with Crippen molar-refractivity contribution in [1.82, 2.24) is 5.32 Å². The van der Waals surface area contributed by atoms with Crippen LogP contribution in [-0.2, 0) is 0 Å². The number of hydrogen-bond donors (Lipinski definition) is 0. The van der Waals surface area contributed by atoms with Gasteiger partial charge in [-0.1, -0.05) is 36.4 Å². The van der Waals surface area contributed by atoms with E-state index in [0.717, 1.165) is 0 Å². The number of nitrogens with zero attached hydrogens (tertiary/aromatic N) is 1. The largest absolute Gasteiger partial charge is 0.248 e. The van der Waals surface area contributed by atoms with Gasteiger partial charge < -0.3 is 0 Å². The van der Waals surface area contributed by atoms with Gasteiger partial charge in [0.25, 0.3) is 0 Å². The average molecular weight is 220 g/mol. The fourth-order valence-corrected chi connectivity index (χ4v) is 3.18. The monoisotopic (exact) mass is 220 g/mol. The lowest BCUT2D eigenvalue weighted by Gasteiger charge is -2.36. The van der Waals surface area contributed by atoms with Crippen LogP contribution >= 0.6 is 0 Å². The Morgan fingerprint density at radius 1 is 0.706 bits per heavy atom. The molecule has 0 spiro atoms. The summed E-state index contributed by atoms with van der Waals surface area (Å²) < 4.78 is 0. The summed E-state index contributed by atoms with van der Waals surface area (Å²) in [6.45, 7) is 0. The van der Waals surface area contributed by atoms with Crippen molar-refractivity contribution in [1.29, 1.82) is 0 Å². The van der Waals surface area contributed by atoms with Crippen LogP contribution in [0, 0.1) is 0 Å². The van der Waals surface area contributed by atoms with Crippen molar-refractivity contribution in [2.24, 2.45) is 0 Å². The van der Waals surface area contributed by atoms with Crippen molar-refractivity contribution < 1.29 is 0 Å². The third kappa shape index (κ3) is 1.25. The second kappa shape index (κ2) is 3.36. The number of rotatable bonds is 0. The highest BCUT2D eigenvalue weighted by Crippen LogP contribution is 2.54. The quantitative estimate of drug-likeness (QED) is 0.631. The zero-order valence-electron chi connectivity index (χ0n) is 9.63. The van der Waals surface area contributed by atoms with E-state index in [2.05, 4.69) is 48.5 Å². The summed E-state index contributed by atoms with van der Waals surface area (Å²) in [5.74, 6) is 1.39. The minimum Gasteiger partial charge on any atom is -0.248 e. The van der Waals surface area contributed by atoms with Crippen molar-refractivity contribution in [3.63, 3.8) is 0 Å². The van der Waals surface area contributed by atoms with Crippen LogP contribution in [0.25, 0.3) is 0 Å². The van der Waals surface area contributed by atoms with Crippen molar-refractivity contribution >= 4 is 11.4 Å². The third-order valence-corrected chi connectivity index (χ3v) is 4.19. The maximum Gasteiger partial charge on any atom is 0.0672 e. The number of hydrogen-bond acceptors (Lipinski definition) is 0. The van der Waals surface area contributed by atoms with E-state index in [1.54, 1.807) is 0 Å². The van der Waals surface area contributed by atoms with Crippen LogP contribution < -0.4 is 5.32 Å². The molecule has 0 bridgehead atoms. The number of fused-ring (bicyclic) bond motifs is 5. The molecule has 1 heteroatoms. The van der Waals surface area contributed by atoms with Gasteiger partial charge in [0.2, 0.25) is 0 Å². The van der Waals surface area contributed by atoms with E-state index in [0.29, 0.717) is 11.8 Å². The zero-order chi connectivity index (χ0) is 11.2. The van der Waals surface area contributed by atoms with Crippen LogP contribution in [0.2, 0.25) is 0 Å². The molecule has 2 aliphatic rings. The summed E-state index contributed by atoms with van der Waals surface area (Å²) in [5, 5.41) is 4.84. The van der Waals surface area contributed by atoms with E-state index in [1.807, 2.05) is 0 Å². The summed E-state index contributed by atoms with van der Waals surface area (Å²) in [4.78, 5) is 0. The minimum atomic E-state index is 0.693. The van der Waals surface area contributed by atoms with Crippen LogP contribution in [0.1, 0.15) is 35.8 Å². The normalized spacial score (nSPS) is 24.5. The predicted molar refractivity (Wildman–Crippen MR) is 69.1 cm³/mol. The summed E-state index contributed by atoms with van der Waals surface area (Å²) in [6, 6.07) is 17.2. The molecule has 1 aliphatic carbocycles. The molecule has 4 rings (SSSR count). The molecule has 1 aliphatic heterocycles. The van der Waals surface area contributed by atoms with Crippen LogP contribution in [0.5, 0.6) is 0 Å². The molecule has 83 valence electrons. The van der Waals surface area contributed by atoms with Gasteiger partial charge in [0.05, 0.1) is 11.4 Å². The SMILES string of the molecule is c1ccc2c(c1)[N]c1ccccc1C1CCC21. The Labute approximate surface area is 101 Å². The minimum absolute atomic E-state index is 0.693. The molecular weight excluding hydrogens is 206 g/mol. The second-order valence-electron chi connectivity index (χ2n) is 5.02.